The number of hydrogen-bond acceptors (Lipinski definition) is 5. The van der Waals surface area contributed by atoms with E-state index in [4.69, 9.17) is 19.3 Å². The molecule has 7 nitrogen and oxygen atoms in total. The second-order valence-electron chi connectivity index (χ2n) is 10.5. The smallest absolute Gasteiger partial charge is 0.329 e. The first-order chi connectivity index (χ1) is 18.5. The van der Waals surface area contributed by atoms with Crippen molar-refractivity contribution < 1.29 is 37.3 Å². The fourth-order valence-corrected chi connectivity index (χ4v) is 5.15. The molecule has 0 spiro atoms. The lowest BCUT2D eigenvalue weighted by Gasteiger charge is -2.43. The monoisotopic (exact) mass is 548 g/mol. The van der Waals surface area contributed by atoms with Gasteiger partial charge in [-0.05, 0) is 45.2 Å². The number of benzene rings is 2. The quantitative estimate of drug-likeness (QED) is 0.278. The molecule has 2 N–H and O–H groups in total. The summed E-state index contributed by atoms with van der Waals surface area (Å²) in [5.74, 6) is -2.55. The van der Waals surface area contributed by atoms with Crippen molar-refractivity contribution in [2.45, 2.75) is 51.4 Å². The van der Waals surface area contributed by atoms with Gasteiger partial charge in [-0.15, -0.1) is 0 Å². The molecule has 0 aliphatic carbocycles. The normalized spacial score (nSPS) is 17.9. The van der Waals surface area contributed by atoms with E-state index in [0.717, 1.165) is 28.6 Å². The van der Waals surface area contributed by atoms with Gasteiger partial charge in [0.25, 0.3) is 0 Å². The Morgan fingerprint density at radius 1 is 1.10 bits per heavy atom. The minimum atomic E-state index is -1.57. The molecule has 4 rings (SSSR count). The molecule has 212 valence electrons. The molecule has 39 heavy (non-hydrogen) atoms. The number of ether oxygens (including phenoxy) is 3. The summed E-state index contributed by atoms with van der Waals surface area (Å²) in [5, 5.41) is 9.52. The molecule has 0 bridgehead atoms. The molecule has 2 atom stereocenters. The van der Waals surface area contributed by atoms with Crippen LogP contribution >= 0.6 is 0 Å². The van der Waals surface area contributed by atoms with Gasteiger partial charge in [-0.25, -0.2) is 18.0 Å². The Labute approximate surface area is 225 Å². The summed E-state index contributed by atoms with van der Waals surface area (Å²) in [6, 6.07) is 9.04. The largest absolute Gasteiger partial charge is 0.491 e. The molecular formula is C29H35F3N2O5. The number of halogens is 3. The molecule has 3 aromatic rings. The van der Waals surface area contributed by atoms with Crippen molar-refractivity contribution >= 4 is 16.9 Å². The lowest BCUT2D eigenvalue weighted by atomic mass is 9.87. The van der Waals surface area contributed by atoms with Crippen molar-refractivity contribution in [2.75, 3.05) is 39.6 Å². The first-order valence-corrected chi connectivity index (χ1v) is 13.1. The van der Waals surface area contributed by atoms with Gasteiger partial charge in [-0.3, -0.25) is 4.90 Å². The number of alkyl halides is 1. The minimum Gasteiger partial charge on any atom is -0.491 e. The number of aromatic amines is 1. The number of carbonyl (C=O) groups is 1. The van der Waals surface area contributed by atoms with E-state index in [2.05, 4.69) is 4.98 Å². The molecule has 10 heteroatoms. The molecule has 1 aliphatic heterocycles. The van der Waals surface area contributed by atoms with Crippen LogP contribution in [0.25, 0.3) is 10.9 Å². The van der Waals surface area contributed by atoms with Gasteiger partial charge in [0.15, 0.2) is 0 Å². The maximum atomic E-state index is 15.6. The molecule has 0 saturated carbocycles. The first kappa shape index (κ1) is 28.9. The fourth-order valence-electron chi connectivity index (χ4n) is 5.15. The van der Waals surface area contributed by atoms with Crippen LogP contribution < -0.4 is 4.74 Å². The van der Waals surface area contributed by atoms with Crippen LogP contribution in [0.4, 0.5) is 13.2 Å². The van der Waals surface area contributed by atoms with Gasteiger partial charge in [-0.2, -0.15) is 0 Å². The summed E-state index contributed by atoms with van der Waals surface area (Å²) >= 11 is 0. The number of aliphatic carboxylic acids is 1. The molecule has 0 unspecified atom stereocenters. The molecular weight excluding hydrogens is 513 g/mol. The second kappa shape index (κ2) is 12.4. The van der Waals surface area contributed by atoms with E-state index in [1.165, 1.54) is 13.8 Å². The third-order valence-electron chi connectivity index (χ3n) is 6.70. The van der Waals surface area contributed by atoms with Crippen molar-refractivity contribution in [1.29, 1.82) is 0 Å². The molecule has 0 fully saturated rings. The van der Waals surface area contributed by atoms with Crippen LogP contribution in [0.2, 0.25) is 0 Å². The number of hydrogen-bond donors (Lipinski definition) is 2. The highest BCUT2D eigenvalue weighted by Gasteiger charge is 2.41. The van der Waals surface area contributed by atoms with Crippen LogP contribution in [-0.2, 0) is 20.7 Å². The number of carboxylic acids is 1. The number of carboxylic acid groups (broad SMARTS) is 1. The van der Waals surface area contributed by atoms with Gasteiger partial charge < -0.3 is 24.3 Å². The zero-order valence-corrected chi connectivity index (χ0v) is 22.4. The van der Waals surface area contributed by atoms with E-state index in [-0.39, 0.29) is 50.3 Å². The van der Waals surface area contributed by atoms with Crippen LogP contribution in [0.1, 0.15) is 50.1 Å². The summed E-state index contributed by atoms with van der Waals surface area (Å²) in [7, 11) is 0. The minimum absolute atomic E-state index is 0.00343. The Bertz CT molecular complexity index is 1270. The Morgan fingerprint density at radius 3 is 2.49 bits per heavy atom. The topological polar surface area (TPSA) is 84.0 Å². The molecule has 0 amide bonds. The average molecular weight is 549 g/mol. The van der Waals surface area contributed by atoms with E-state index in [9.17, 15) is 9.18 Å². The number of nitrogens with zero attached hydrogens (tertiary/aromatic N) is 1. The standard InChI is InChI=1S/C29H35F3N2O5/c1-18-13-21-20-7-4-5-8-24(20)33-27(21)28(34(18)17-29(2,3)32)26-22(30)14-19(15-23(26)31)39-12-11-37-9-6-10-38-16-25(35)36/h4-5,7-8,14-15,18,28,33H,6,9-13,16-17H2,1-3H3,(H,35,36)/t18-,28-/m1/s1. The summed E-state index contributed by atoms with van der Waals surface area (Å²) in [6.07, 6.45) is 1.13. The number of para-hydroxylation sites is 1. The van der Waals surface area contributed by atoms with Gasteiger partial charge in [-0.1, -0.05) is 18.2 Å². The van der Waals surface area contributed by atoms with Gasteiger partial charge >= 0.3 is 5.97 Å². The van der Waals surface area contributed by atoms with Gasteiger partial charge in [0, 0.05) is 60.1 Å². The van der Waals surface area contributed by atoms with E-state index in [1.807, 2.05) is 36.1 Å². The number of nitrogens with one attached hydrogen (secondary N) is 1. The summed E-state index contributed by atoms with van der Waals surface area (Å²) in [6.45, 7) is 5.36. The summed E-state index contributed by atoms with van der Waals surface area (Å²) in [4.78, 5) is 15.6. The fraction of sp³-hybridized carbons (Fsp3) is 0.483. The third-order valence-corrected chi connectivity index (χ3v) is 6.70. The van der Waals surface area contributed by atoms with Crippen molar-refractivity contribution in [3.05, 3.63) is 64.9 Å². The zero-order valence-electron chi connectivity index (χ0n) is 22.4. The van der Waals surface area contributed by atoms with Crippen LogP contribution in [0.15, 0.2) is 36.4 Å². The zero-order chi connectivity index (χ0) is 28.2. The highest BCUT2D eigenvalue weighted by molar-refractivity contribution is 5.85. The highest BCUT2D eigenvalue weighted by Crippen LogP contribution is 2.43. The molecule has 1 aromatic heterocycles. The van der Waals surface area contributed by atoms with Gasteiger partial charge in [0.05, 0.1) is 12.6 Å². The second-order valence-corrected chi connectivity index (χ2v) is 10.5. The van der Waals surface area contributed by atoms with Crippen molar-refractivity contribution in [3.63, 3.8) is 0 Å². The van der Waals surface area contributed by atoms with Crippen molar-refractivity contribution in [2.24, 2.45) is 0 Å². The van der Waals surface area contributed by atoms with Gasteiger partial charge in [0.1, 0.15) is 36.3 Å². The Balaban J connectivity index is 1.51. The van der Waals surface area contributed by atoms with E-state index >= 15 is 8.78 Å². The SMILES string of the molecule is C[C@@H]1Cc2c([nH]c3ccccc23)[C@@H](c2c(F)cc(OCCOCCCOCC(=O)O)cc2F)N1CC(C)(C)F. The number of fused-ring (bicyclic) bond motifs is 3. The lowest BCUT2D eigenvalue weighted by molar-refractivity contribution is -0.142. The highest BCUT2D eigenvalue weighted by atomic mass is 19.1. The first-order valence-electron chi connectivity index (χ1n) is 13.1. The maximum absolute atomic E-state index is 15.6. The van der Waals surface area contributed by atoms with E-state index < -0.39 is 29.3 Å². The molecule has 2 heterocycles. The average Bonchev–Trinajstić information content (AvgIpc) is 3.21. The van der Waals surface area contributed by atoms with Crippen molar-refractivity contribution in [3.8, 4) is 5.75 Å². The predicted octanol–water partition coefficient (Wildman–Crippen LogP) is 5.42. The maximum Gasteiger partial charge on any atom is 0.329 e. The lowest BCUT2D eigenvalue weighted by Crippen LogP contribution is -2.48. The van der Waals surface area contributed by atoms with E-state index in [1.54, 1.807) is 0 Å². The predicted molar refractivity (Wildman–Crippen MR) is 141 cm³/mol. The molecule has 0 radical (unpaired) electrons. The van der Waals surface area contributed by atoms with Gasteiger partial charge in [0.2, 0.25) is 0 Å². The van der Waals surface area contributed by atoms with Crippen LogP contribution in [0.3, 0.4) is 0 Å². The number of rotatable bonds is 13. The molecule has 0 saturated heterocycles. The van der Waals surface area contributed by atoms with Crippen LogP contribution in [0, 0.1) is 11.6 Å². The number of aromatic nitrogens is 1. The summed E-state index contributed by atoms with van der Waals surface area (Å²) in [5.41, 5.74) is 0.805. The van der Waals surface area contributed by atoms with E-state index in [0.29, 0.717) is 25.1 Å². The third kappa shape index (κ3) is 7.12. The Morgan fingerprint density at radius 2 is 1.79 bits per heavy atom. The van der Waals surface area contributed by atoms with Crippen LogP contribution in [-0.4, -0.2) is 72.2 Å². The Kier molecular flexibility index (Phi) is 9.19. The van der Waals surface area contributed by atoms with Crippen LogP contribution in [0.5, 0.6) is 5.75 Å². The van der Waals surface area contributed by atoms with Crippen molar-refractivity contribution in [1.82, 2.24) is 9.88 Å². The molecule has 2 aromatic carbocycles. The summed E-state index contributed by atoms with van der Waals surface area (Å²) < 4.78 is 62.0. The number of H-pyrrole nitrogens is 1. The molecule has 1 aliphatic rings. The Hall–Kier alpha value is -3.08.